The number of rotatable bonds is 8. The Morgan fingerprint density at radius 2 is 1.96 bits per heavy atom. The highest BCUT2D eigenvalue weighted by atomic mass is 16.5. The van der Waals surface area contributed by atoms with Crippen LogP contribution in [0, 0.1) is 0 Å². The van der Waals surface area contributed by atoms with E-state index in [0.29, 0.717) is 18.1 Å². The molecular weight excluding hydrogens is 356 g/mol. The zero-order valence-electron chi connectivity index (χ0n) is 15.9. The molecule has 1 aromatic heterocycles. The van der Waals surface area contributed by atoms with E-state index in [-0.39, 0.29) is 6.61 Å². The highest BCUT2D eigenvalue weighted by Gasteiger charge is 2.06. The molecular formula is C22H22N2O4. The molecule has 0 aliphatic heterocycles. The average molecular weight is 378 g/mol. The quantitative estimate of drug-likeness (QED) is 0.437. The molecule has 144 valence electrons. The van der Waals surface area contributed by atoms with Crippen molar-refractivity contribution in [3.8, 4) is 17.2 Å². The van der Waals surface area contributed by atoms with E-state index >= 15 is 0 Å². The van der Waals surface area contributed by atoms with Crippen molar-refractivity contribution >= 4 is 12.0 Å². The highest BCUT2D eigenvalue weighted by molar-refractivity contribution is 5.87. The number of carbonyl (C=O) groups excluding carboxylic acids is 1. The Hall–Kier alpha value is -3.54. The van der Waals surface area contributed by atoms with Gasteiger partial charge in [-0.25, -0.2) is 9.48 Å². The minimum Gasteiger partial charge on any atom is -0.493 e. The monoisotopic (exact) mass is 378 g/mol. The number of para-hydroxylation sites is 1. The lowest BCUT2D eigenvalue weighted by Crippen LogP contribution is -2.00. The predicted octanol–water partition coefficient (Wildman–Crippen LogP) is 4.04. The summed E-state index contributed by atoms with van der Waals surface area (Å²) >= 11 is 0. The van der Waals surface area contributed by atoms with Gasteiger partial charge in [0.15, 0.2) is 11.5 Å². The summed E-state index contributed by atoms with van der Waals surface area (Å²) in [7, 11) is 1.58. The lowest BCUT2D eigenvalue weighted by molar-refractivity contribution is -0.138. The Balaban J connectivity index is 1.56. The fourth-order valence-corrected chi connectivity index (χ4v) is 2.59. The van der Waals surface area contributed by atoms with Crippen LogP contribution in [0.2, 0.25) is 0 Å². The van der Waals surface area contributed by atoms with Crippen LogP contribution in [0.4, 0.5) is 0 Å². The van der Waals surface area contributed by atoms with Gasteiger partial charge in [0, 0.05) is 17.8 Å². The van der Waals surface area contributed by atoms with Crippen LogP contribution in [0.15, 0.2) is 67.0 Å². The Labute approximate surface area is 164 Å². The molecule has 0 aliphatic rings. The van der Waals surface area contributed by atoms with Gasteiger partial charge in [-0.05, 0) is 42.8 Å². The van der Waals surface area contributed by atoms with Crippen molar-refractivity contribution in [1.29, 1.82) is 0 Å². The second-order valence-corrected chi connectivity index (χ2v) is 5.91. The van der Waals surface area contributed by atoms with E-state index in [0.717, 1.165) is 16.8 Å². The van der Waals surface area contributed by atoms with Crippen molar-refractivity contribution < 1.29 is 19.0 Å². The summed E-state index contributed by atoms with van der Waals surface area (Å²) in [5, 5.41) is 4.28. The van der Waals surface area contributed by atoms with E-state index in [2.05, 4.69) is 5.10 Å². The molecule has 0 saturated carbocycles. The molecule has 0 fully saturated rings. The van der Waals surface area contributed by atoms with Crippen LogP contribution < -0.4 is 9.47 Å². The molecule has 1 heterocycles. The largest absolute Gasteiger partial charge is 0.493 e. The van der Waals surface area contributed by atoms with Crippen molar-refractivity contribution in [2.75, 3.05) is 13.7 Å². The van der Waals surface area contributed by atoms with Crippen molar-refractivity contribution in [1.82, 2.24) is 9.78 Å². The number of hydrogen-bond donors (Lipinski definition) is 0. The van der Waals surface area contributed by atoms with Crippen molar-refractivity contribution in [2.24, 2.45) is 0 Å². The standard InChI is InChI=1S/C22H22N2O4/c1-3-27-20-11-9-17(13-21(20)26-2)10-12-22(25)28-16-18-14-23-24(15-18)19-7-5-4-6-8-19/h4-15H,3,16H2,1-2H3/b12-10+. The van der Waals surface area contributed by atoms with Gasteiger partial charge in [0.2, 0.25) is 0 Å². The van der Waals surface area contributed by atoms with Gasteiger partial charge in [0.1, 0.15) is 6.61 Å². The molecule has 0 N–H and O–H groups in total. The number of benzene rings is 2. The molecule has 3 aromatic rings. The van der Waals surface area contributed by atoms with E-state index in [9.17, 15) is 4.79 Å². The predicted molar refractivity (Wildman–Crippen MR) is 107 cm³/mol. The first-order valence-corrected chi connectivity index (χ1v) is 8.94. The van der Waals surface area contributed by atoms with Crippen molar-refractivity contribution in [3.63, 3.8) is 0 Å². The third-order valence-electron chi connectivity index (χ3n) is 3.94. The summed E-state index contributed by atoms with van der Waals surface area (Å²) in [6, 6.07) is 15.2. The summed E-state index contributed by atoms with van der Waals surface area (Å²) in [4.78, 5) is 12.0. The third-order valence-corrected chi connectivity index (χ3v) is 3.94. The van der Waals surface area contributed by atoms with Gasteiger partial charge in [0.25, 0.3) is 0 Å². The first-order valence-electron chi connectivity index (χ1n) is 8.94. The van der Waals surface area contributed by atoms with Gasteiger partial charge in [-0.1, -0.05) is 24.3 Å². The molecule has 0 spiro atoms. The Kier molecular flexibility index (Phi) is 6.46. The molecule has 0 saturated heterocycles. The van der Waals surface area contributed by atoms with Gasteiger partial charge in [-0.3, -0.25) is 0 Å². The van der Waals surface area contributed by atoms with Crippen LogP contribution in [-0.4, -0.2) is 29.5 Å². The molecule has 0 bridgehead atoms. The molecule has 2 aromatic carbocycles. The first kappa shape index (κ1) is 19.2. The second-order valence-electron chi connectivity index (χ2n) is 5.91. The van der Waals surface area contributed by atoms with Gasteiger partial charge >= 0.3 is 5.97 Å². The molecule has 0 radical (unpaired) electrons. The molecule has 28 heavy (non-hydrogen) atoms. The van der Waals surface area contributed by atoms with Gasteiger partial charge in [0.05, 0.1) is 25.6 Å². The summed E-state index contributed by atoms with van der Waals surface area (Å²) in [6.07, 6.45) is 6.58. The fraction of sp³-hybridized carbons (Fsp3) is 0.182. The fourth-order valence-electron chi connectivity index (χ4n) is 2.59. The van der Waals surface area contributed by atoms with Gasteiger partial charge in [-0.15, -0.1) is 0 Å². The number of aromatic nitrogens is 2. The molecule has 6 heteroatoms. The lowest BCUT2D eigenvalue weighted by Gasteiger charge is -2.09. The maximum Gasteiger partial charge on any atom is 0.331 e. The minimum absolute atomic E-state index is 0.155. The number of hydrogen-bond acceptors (Lipinski definition) is 5. The van der Waals surface area contributed by atoms with Crippen LogP contribution in [0.3, 0.4) is 0 Å². The SMILES string of the molecule is CCOc1ccc(/C=C/C(=O)OCc2cnn(-c3ccccc3)c2)cc1OC. The molecule has 0 unspecified atom stereocenters. The van der Waals surface area contributed by atoms with Crippen LogP contribution in [-0.2, 0) is 16.1 Å². The molecule has 0 aliphatic carbocycles. The second kappa shape index (κ2) is 9.41. The molecule has 6 nitrogen and oxygen atoms in total. The Morgan fingerprint density at radius 1 is 1.14 bits per heavy atom. The zero-order chi connectivity index (χ0) is 19.8. The van der Waals surface area contributed by atoms with Crippen LogP contribution in [0.5, 0.6) is 11.5 Å². The van der Waals surface area contributed by atoms with E-state index in [4.69, 9.17) is 14.2 Å². The topological polar surface area (TPSA) is 62.6 Å². The number of esters is 1. The normalized spacial score (nSPS) is 10.8. The van der Waals surface area contributed by atoms with Crippen LogP contribution in [0.1, 0.15) is 18.1 Å². The molecule has 0 amide bonds. The number of methoxy groups -OCH3 is 1. The van der Waals surface area contributed by atoms with Crippen LogP contribution >= 0.6 is 0 Å². The number of nitrogens with zero attached hydrogens (tertiary/aromatic N) is 2. The lowest BCUT2D eigenvalue weighted by atomic mass is 10.2. The van der Waals surface area contributed by atoms with Crippen molar-refractivity contribution in [2.45, 2.75) is 13.5 Å². The van der Waals surface area contributed by atoms with Gasteiger partial charge in [-0.2, -0.15) is 5.10 Å². The molecule has 3 rings (SSSR count). The minimum atomic E-state index is -0.430. The van der Waals surface area contributed by atoms with Crippen LogP contribution in [0.25, 0.3) is 11.8 Å². The summed E-state index contributed by atoms with van der Waals surface area (Å²) in [6.45, 7) is 2.62. The molecule has 0 atom stereocenters. The maximum absolute atomic E-state index is 12.0. The zero-order valence-corrected chi connectivity index (χ0v) is 15.9. The van der Waals surface area contributed by atoms with E-state index in [1.54, 1.807) is 30.1 Å². The highest BCUT2D eigenvalue weighted by Crippen LogP contribution is 2.28. The Morgan fingerprint density at radius 3 is 2.71 bits per heavy atom. The van der Waals surface area contributed by atoms with Crippen molar-refractivity contribution in [3.05, 3.63) is 78.1 Å². The van der Waals surface area contributed by atoms with E-state index in [1.165, 1.54) is 6.08 Å². The first-order chi connectivity index (χ1) is 13.7. The average Bonchev–Trinajstić information content (AvgIpc) is 3.21. The smallest absolute Gasteiger partial charge is 0.331 e. The summed E-state index contributed by atoms with van der Waals surface area (Å²) < 4.78 is 17.8. The summed E-state index contributed by atoms with van der Waals surface area (Å²) in [5.41, 5.74) is 2.58. The van der Waals surface area contributed by atoms with Gasteiger partial charge < -0.3 is 14.2 Å². The summed E-state index contributed by atoms with van der Waals surface area (Å²) in [5.74, 6) is 0.853. The van der Waals surface area contributed by atoms with E-state index < -0.39 is 5.97 Å². The third kappa shape index (κ3) is 5.01. The maximum atomic E-state index is 12.0. The van der Waals surface area contributed by atoms with E-state index in [1.807, 2.05) is 55.6 Å². The number of carbonyl (C=O) groups is 1. The Bertz CT molecular complexity index is 948. The number of ether oxygens (including phenoxy) is 3.